The van der Waals surface area contributed by atoms with Gasteiger partial charge in [-0.3, -0.25) is 4.79 Å². The number of halogens is 1. The van der Waals surface area contributed by atoms with E-state index in [1.54, 1.807) is 18.2 Å². The van der Waals surface area contributed by atoms with Gasteiger partial charge >= 0.3 is 0 Å². The number of rotatable bonds is 5. The smallest absolute Gasteiger partial charge is 0.200 e. The average Bonchev–Trinajstić information content (AvgIpc) is 2.48. The first kappa shape index (κ1) is 15.4. The van der Waals surface area contributed by atoms with Gasteiger partial charge in [-0.1, -0.05) is 17.7 Å². The largest absolute Gasteiger partial charge is 0.495 e. The first-order valence-corrected chi connectivity index (χ1v) is 6.96. The van der Waals surface area contributed by atoms with Gasteiger partial charge in [-0.25, -0.2) is 0 Å². The van der Waals surface area contributed by atoms with Crippen LogP contribution < -0.4 is 9.47 Å². The molecule has 0 atom stereocenters. The lowest BCUT2D eigenvalue weighted by Gasteiger charge is -2.09. The third-order valence-electron chi connectivity index (χ3n) is 3.32. The van der Waals surface area contributed by atoms with Crippen molar-refractivity contribution >= 4 is 17.4 Å². The zero-order chi connectivity index (χ0) is 15.4. The number of carbonyl (C=O) groups excluding carboxylic acids is 1. The monoisotopic (exact) mass is 304 g/mol. The maximum absolute atomic E-state index is 12.1. The Hall–Kier alpha value is -2.00. The molecule has 0 amide bonds. The molecule has 0 aliphatic carbocycles. The van der Waals surface area contributed by atoms with Gasteiger partial charge in [0.15, 0.2) is 12.4 Å². The Bertz CT molecular complexity index is 665. The number of ether oxygens (including phenoxy) is 2. The Morgan fingerprint density at radius 3 is 2.48 bits per heavy atom. The van der Waals surface area contributed by atoms with E-state index in [4.69, 9.17) is 21.1 Å². The molecule has 110 valence electrons. The second-order valence-electron chi connectivity index (χ2n) is 4.81. The summed E-state index contributed by atoms with van der Waals surface area (Å²) in [5.74, 6) is 1.10. The van der Waals surface area contributed by atoms with Crippen LogP contribution in [0.15, 0.2) is 36.4 Å². The number of ketones is 1. The van der Waals surface area contributed by atoms with Crippen molar-refractivity contribution in [2.75, 3.05) is 13.7 Å². The lowest BCUT2D eigenvalue weighted by atomic mass is 10.1. The maximum Gasteiger partial charge on any atom is 0.200 e. The third-order valence-corrected chi connectivity index (χ3v) is 3.62. The molecule has 0 N–H and O–H groups in total. The highest BCUT2D eigenvalue weighted by atomic mass is 35.5. The first-order chi connectivity index (χ1) is 10.0. The summed E-state index contributed by atoms with van der Waals surface area (Å²) in [7, 11) is 1.53. The molecule has 0 unspecified atom stereocenters. The standard InChI is InChI=1S/C17H17ClO3/c1-11-4-6-14(8-12(11)2)21-10-16(19)13-5-7-17(20-3)15(18)9-13/h4-9H,10H2,1-3H3. The molecule has 3 nitrogen and oxygen atoms in total. The zero-order valence-electron chi connectivity index (χ0n) is 12.3. The van der Waals surface area contributed by atoms with Gasteiger partial charge < -0.3 is 9.47 Å². The van der Waals surface area contributed by atoms with E-state index in [0.29, 0.717) is 22.1 Å². The molecule has 0 aliphatic rings. The highest BCUT2D eigenvalue weighted by Gasteiger charge is 2.10. The zero-order valence-corrected chi connectivity index (χ0v) is 13.0. The number of benzene rings is 2. The van der Waals surface area contributed by atoms with Crippen LogP contribution in [-0.4, -0.2) is 19.5 Å². The molecule has 2 aromatic rings. The Labute approximate surface area is 129 Å². The van der Waals surface area contributed by atoms with Gasteiger partial charge in [-0.2, -0.15) is 0 Å². The normalized spacial score (nSPS) is 10.3. The number of carbonyl (C=O) groups is 1. The Morgan fingerprint density at radius 2 is 1.86 bits per heavy atom. The third kappa shape index (κ3) is 3.76. The van der Waals surface area contributed by atoms with Gasteiger partial charge in [-0.05, 0) is 55.3 Å². The summed E-state index contributed by atoms with van der Waals surface area (Å²) in [6.07, 6.45) is 0. The molecule has 0 aromatic heterocycles. The summed E-state index contributed by atoms with van der Waals surface area (Å²) in [6.45, 7) is 4.02. The molecule has 2 rings (SSSR count). The van der Waals surface area contributed by atoms with E-state index < -0.39 is 0 Å². The summed E-state index contributed by atoms with van der Waals surface area (Å²) in [5.41, 5.74) is 2.83. The second-order valence-corrected chi connectivity index (χ2v) is 5.21. The molecule has 21 heavy (non-hydrogen) atoms. The molecular formula is C17H17ClO3. The number of hydrogen-bond acceptors (Lipinski definition) is 3. The molecule has 0 saturated heterocycles. The summed E-state index contributed by atoms with van der Waals surface area (Å²) in [4.78, 5) is 12.1. The first-order valence-electron chi connectivity index (χ1n) is 6.58. The predicted molar refractivity (Wildman–Crippen MR) is 83.7 cm³/mol. The van der Waals surface area contributed by atoms with Crippen molar-refractivity contribution in [1.82, 2.24) is 0 Å². The minimum atomic E-state index is -0.127. The molecule has 2 aromatic carbocycles. The predicted octanol–water partition coefficient (Wildman–Crippen LogP) is 4.23. The van der Waals surface area contributed by atoms with Crippen LogP contribution in [0.2, 0.25) is 5.02 Å². The van der Waals surface area contributed by atoms with Crippen molar-refractivity contribution in [3.8, 4) is 11.5 Å². The molecule has 0 bridgehead atoms. The highest BCUT2D eigenvalue weighted by molar-refractivity contribution is 6.32. The SMILES string of the molecule is COc1ccc(C(=O)COc2ccc(C)c(C)c2)cc1Cl. The van der Waals surface area contributed by atoms with Crippen LogP contribution in [-0.2, 0) is 0 Å². The fourth-order valence-electron chi connectivity index (χ4n) is 1.88. The number of aryl methyl sites for hydroxylation is 2. The van der Waals surface area contributed by atoms with Gasteiger partial charge in [0.2, 0.25) is 0 Å². The van der Waals surface area contributed by atoms with E-state index in [0.717, 1.165) is 5.56 Å². The van der Waals surface area contributed by atoms with E-state index in [9.17, 15) is 4.79 Å². The topological polar surface area (TPSA) is 35.5 Å². The van der Waals surface area contributed by atoms with Crippen LogP contribution in [0, 0.1) is 13.8 Å². The highest BCUT2D eigenvalue weighted by Crippen LogP contribution is 2.25. The Kier molecular flexibility index (Phi) is 4.86. The lowest BCUT2D eigenvalue weighted by Crippen LogP contribution is -2.11. The molecule has 0 fully saturated rings. The van der Waals surface area contributed by atoms with Gasteiger partial charge in [-0.15, -0.1) is 0 Å². The quantitative estimate of drug-likeness (QED) is 0.776. The molecular weight excluding hydrogens is 288 g/mol. The van der Waals surface area contributed by atoms with Crippen LogP contribution in [0.4, 0.5) is 0 Å². The van der Waals surface area contributed by atoms with E-state index in [-0.39, 0.29) is 12.4 Å². The summed E-state index contributed by atoms with van der Waals surface area (Å²) >= 11 is 6.01. The number of Topliss-reactive ketones (excluding diaryl/α,β-unsaturated/α-hetero) is 1. The number of methoxy groups -OCH3 is 1. The fourth-order valence-corrected chi connectivity index (χ4v) is 2.13. The van der Waals surface area contributed by atoms with Gasteiger partial charge in [0, 0.05) is 5.56 Å². The molecule has 0 spiro atoms. The molecule has 0 radical (unpaired) electrons. The lowest BCUT2D eigenvalue weighted by molar-refractivity contribution is 0.0921. The molecule has 0 saturated carbocycles. The molecule has 0 aliphatic heterocycles. The Morgan fingerprint density at radius 1 is 1.10 bits per heavy atom. The van der Waals surface area contributed by atoms with Crippen LogP contribution >= 0.6 is 11.6 Å². The number of hydrogen-bond donors (Lipinski definition) is 0. The summed E-state index contributed by atoms with van der Waals surface area (Å²) < 4.78 is 10.6. The van der Waals surface area contributed by atoms with Crippen molar-refractivity contribution in [1.29, 1.82) is 0 Å². The Balaban J connectivity index is 2.04. The fraction of sp³-hybridized carbons (Fsp3) is 0.235. The maximum atomic E-state index is 12.1. The molecule has 4 heteroatoms. The summed E-state index contributed by atoms with van der Waals surface area (Å²) in [6, 6.07) is 10.7. The van der Waals surface area contributed by atoms with Crippen LogP contribution in [0.1, 0.15) is 21.5 Å². The van der Waals surface area contributed by atoms with Crippen molar-refractivity contribution in [2.24, 2.45) is 0 Å². The van der Waals surface area contributed by atoms with Crippen molar-refractivity contribution < 1.29 is 14.3 Å². The van der Waals surface area contributed by atoms with E-state index in [2.05, 4.69) is 0 Å². The minimum absolute atomic E-state index is 0.0227. The van der Waals surface area contributed by atoms with E-state index >= 15 is 0 Å². The minimum Gasteiger partial charge on any atom is -0.495 e. The van der Waals surface area contributed by atoms with Crippen molar-refractivity contribution in [3.63, 3.8) is 0 Å². The average molecular weight is 305 g/mol. The van der Waals surface area contributed by atoms with E-state index in [1.807, 2.05) is 32.0 Å². The van der Waals surface area contributed by atoms with Crippen LogP contribution in [0.5, 0.6) is 11.5 Å². The van der Waals surface area contributed by atoms with Gasteiger partial charge in [0.25, 0.3) is 0 Å². The van der Waals surface area contributed by atoms with Crippen LogP contribution in [0.25, 0.3) is 0 Å². The van der Waals surface area contributed by atoms with Crippen LogP contribution in [0.3, 0.4) is 0 Å². The second kappa shape index (κ2) is 6.64. The van der Waals surface area contributed by atoms with Crippen molar-refractivity contribution in [2.45, 2.75) is 13.8 Å². The van der Waals surface area contributed by atoms with Gasteiger partial charge in [0.05, 0.1) is 12.1 Å². The summed E-state index contributed by atoms with van der Waals surface area (Å²) in [5, 5.41) is 0.412. The van der Waals surface area contributed by atoms with Gasteiger partial charge in [0.1, 0.15) is 11.5 Å². The van der Waals surface area contributed by atoms with E-state index in [1.165, 1.54) is 12.7 Å². The van der Waals surface area contributed by atoms with Crippen molar-refractivity contribution in [3.05, 3.63) is 58.1 Å². The molecule has 0 heterocycles.